The van der Waals surface area contributed by atoms with E-state index in [0.717, 1.165) is 19.4 Å². The number of aliphatic hydroxyl groups excluding tert-OH is 1. The molecule has 0 aromatic carbocycles. The van der Waals surface area contributed by atoms with Crippen LogP contribution in [-0.4, -0.2) is 36.6 Å². The van der Waals surface area contributed by atoms with E-state index < -0.39 is 0 Å². The molecular weight excluding hydrogens is 240 g/mol. The van der Waals surface area contributed by atoms with Crippen LogP contribution in [0.15, 0.2) is 0 Å². The first-order chi connectivity index (χ1) is 9.08. The summed E-state index contributed by atoms with van der Waals surface area (Å²) in [4.78, 5) is 0. The molecule has 0 amide bonds. The van der Waals surface area contributed by atoms with E-state index in [9.17, 15) is 5.11 Å². The van der Waals surface area contributed by atoms with Gasteiger partial charge in [-0.05, 0) is 37.5 Å². The van der Waals surface area contributed by atoms with Crippen molar-refractivity contribution in [3.63, 3.8) is 0 Å². The van der Waals surface area contributed by atoms with E-state index in [1.54, 1.807) is 7.11 Å². The molecule has 0 radical (unpaired) electrons. The number of hydrogen-bond donors (Lipinski definition) is 1. The molecule has 1 N–H and O–H groups in total. The SMILES string of the molecule is COC(C(C)C)C(O)C1CCOC2(CCCCC2)C1. The summed E-state index contributed by atoms with van der Waals surface area (Å²) in [6, 6.07) is 0. The Bertz CT molecular complexity index is 266. The predicted molar refractivity (Wildman–Crippen MR) is 76.1 cm³/mol. The highest BCUT2D eigenvalue weighted by Crippen LogP contribution is 2.42. The van der Waals surface area contributed by atoms with Gasteiger partial charge < -0.3 is 14.6 Å². The standard InChI is InChI=1S/C16H30O3/c1-12(2)15(18-3)14(17)13-7-10-19-16(11-13)8-5-4-6-9-16/h12-15,17H,4-11H2,1-3H3. The van der Waals surface area contributed by atoms with Crippen LogP contribution in [0.5, 0.6) is 0 Å². The molecule has 112 valence electrons. The summed E-state index contributed by atoms with van der Waals surface area (Å²) in [7, 11) is 1.71. The van der Waals surface area contributed by atoms with Crippen molar-refractivity contribution in [3.8, 4) is 0 Å². The number of aliphatic hydroxyl groups is 1. The Morgan fingerprint density at radius 1 is 1.21 bits per heavy atom. The molecule has 3 nitrogen and oxygen atoms in total. The van der Waals surface area contributed by atoms with E-state index in [1.165, 1.54) is 32.1 Å². The lowest BCUT2D eigenvalue weighted by Crippen LogP contribution is -2.48. The van der Waals surface area contributed by atoms with Gasteiger partial charge in [0.05, 0.1) is 17.8 Å². The van der Waals surface area contributed by atoms with Crippen molar-refractivity contribution in [2.24, 2.45) is 11.8 Å². The Morgan fingerprint density at radius 3 is 2.47 bits per heavy atom. The zero-order chi connectivity index (χ0) is 13.9. The molecular formula is C16H30O3. The van der Waals surface area contributed by atoms with E-state index in [1.807, 2.05) is 0 Å². The van der Waals surface area contributed by atoms with Gasteiger partial charge in [-0.2, -0.15) is 0 Å². The van der Waals surface area contributed by atoms with Gasteiger partial charge in [-0.25, -0.2) is 0 Å². The maximum atomic E-state index is 10.6. The molecule has 1 saturated carbocycles. The zero-order valence-electron chi connectivity index (χ0n) is 12.7. The second-order valence-electron chi connectivity index (χ2n) is 6.78. The fourth-order valence-electron chi connectivity index (χ4n) is 3.98. The maximum absolute atomic E-state index is 10.6. The zero-order valence-corrected chi connectivity index (χ0v) is 12.7. The van der Waals surface area contributed by atoms with Crippen LogP contribution >= 0.6 is 0 Å². The molecule has 2 aliphatic rings. The number of methoxy groups -OCH3 is 1. The van der Waals surface area contributed by atoms with Crippen LogP contribution in [0, 0.1) is 11.8 Å². The van der Waals surface area contributed by atoms with E-state index >= 15 is 0 Å². The quantitative estimate of drug-likeness (QED) is 0.853. The average molecular weight is 270 g/mol. The normalized spacial score (nSPS) is 30.5. The Morgan fingerprint density at radius 2 is 1.89 bits per heavy atom. The molecule has 1 saturated heterocycles. The summed E-state index contributed by atoms with van der Waals surface area (Å²) >= 11 is 0. The van der Waals surface area contributed by atoms with Gasteiger partial charge in [-0.1, -0.05) is 33.1 Å². The topological polar surface area (TPSA) is 38.7 Å². The lowest BCUT2D eigenvalue weighted by atomic mass is 9.73. The van der Waals surface area contributed by atoms with Gasteiger partial charge in [0.1, 0.15) is 0 Å². The molecule has 1 spiro atoms. The van der Waals surface area contributed by atoms with Crippen molar-refractivity contribution in [1.82, 2.24) is 0 Å². The maximum Gasteiger partial charge on any atom is 0.0855 e. The average Bonchev–Trinajstić information content (AvgIpc) is 2.40. The molecule has 1 heterocycles. The molecule has 2 fully saturated rings. The molecule has 19 heavy (non-hydrogen) atoms. The minimum atomic E-state index is -0.354. The Balaban J connectivity index is 1.99. The summed E-state index contributed by atoms with van der Waals surface area (Å²) in [5, 5.41) is 10.6. The van der Waals surface area contributed by atoms with Crippen LogP contribution < -0.4 is 0 Å². The van der Waals surface area contributed by atoms with Crippen LogP contribution in [0.3, 0.4) is 0 Å². The summed E-state index contributed by atoms with van der Waals surface area (Å²) in [6.45, 7) is 5.04. The number of hydrogen-bond acceptors (Lipinski definition) is 3. The van der Waals surface area contributed by atoms with E-state index in [2.05, 4.69) is 13.8 Å². The monoisotopic (exact) mass is 270 g/mol. The van der Waals surface area contributed by atoms with Crippen molar-refractivity contribution >= 4 is 0 Å². The Kier molecular flexibility index (Phi) is 5.27. The summed E-state index contributed by atoms with van der Waals surface area (Å²) in [5.41, 5.74) is 0.0669. The van der Waals surface area contributed by atoms with E-state index in [4.69, 9.17) is 9.47 Å². The number of rotatable bonds is 4. The molecule has 3 atom stereocenters. The van der Waals surface area contributed by atoms with Crippen LogP contribution in [0.25, 0.3) is 0 Å². The van der Waals surface area contributed by atoms with Crippen molar-refractivity contribution in [1.29, 1.82) is 0 Å². The largest absolute Gasteiger partial charge is 0.390 e. The lowest BCUT2D eigenvalue weighted by molar-refractivity contribution is -0.153. The molecule has 1 aliphatic carbocycles. The minimum absolute atomic E-state index is 0.0521. The summed E-state index contributed by atoms with van der Waals surface area (Å²) in [5.74, 6) is 0.685. The highest BCUT2D eigenvalue weighted by atomic mass is 16.5. The van der Waals surface area contributed by atoms with Gasteiger partial charge in [-0.15, -0.1) is 0 Å². The van der Waals surface area contributed by atoms with Gasteiger partial charge >= 0.3 is 0 Å². The molecule has 1 aliphatic heterocycles. The van der Waals surface area contributed by atoms with Crippen molar-refractivity contribution in [2.45, 2.75) is 76.6 Å². The molecule has 0 bridgehead atoms. The van der Waals surface area contributed by atoms with Crippen LogP contribution in [0.1, 0.15) is 58.8 Å². The van der Waals surface area contributed by atoms with Crippen molar-refractivity contribution in [3.05, 3.63) is 0 Å². The van der Waals surface area contributed by atoms with Gasteiger partial charge in [0.2, 0.25) is 0 Å². The third kappa shape index (κ3) is 3.50. The fraction of sp³-hybridized carbons (Fsp3) is 1.00. The van der Waals surface area contributed by atoms with Gasteiger partial charge in [0.25, 0.3) is 0 Å². The van der Waals surface area contributed by atoms with Crippen LogP contribution in [0.4, 0.5) is 0 Å². The third-order valence-electron chi connectivity index (χ3n) is 5.04. The van der Waals surface area contributed by atoms with E-state index in [-0.39, 0.29) is 17.8 Å². The molecule has 3 unspecified atom stereocenters. The van der Waals surface area contributed by atoms with Gasteiger partial charge in [0, 0.05) is 13.7 Å². The third-order valence-corrected chi connectivity index (χ3v) is 5.04. The van der Waals surface area contributed by atoms with Crippen LogP contribution in [-0.2, 0) is 9.47 Å². The van der Waals surface area contributed by atoms with E-state index in [0.29, 0.717) is 11.8 Å². The molecule has 3 heteroatoms. The van der Waals surface area contributed by atoms with Crippen LogP contribution in [0.2, 0.25) is 0 Å². The second kappa shape index (κ2) is 6.55. The minimum Gasteiger partial charge on any atom is -0.390 e. The van der Waals surface area contributed by atoms with Crippen molar-refractivity contribution in [2.75, 3.05) is 13.7 Å². The summed E-state index contributed by atoms with van der Waals surface area (Å²) in [6.07, 6.45) is 7.82. The Hall–Kier alpha value is -0.120. The second-order valence-corrected chi connectivity index (χ2v) is 6.78. The molecule has 0 aromatic rings. The highest BCUT2D eigenvalue weighted by molar-refractivity contribution is 4.93. The fourth-order valence-corrected chi connectivity index (χ4v) is 3.98. The molecule has 0 aromatic heterocycles. The van der Waals surface area contributed by atoms with Gasteiger partial charge in [0.15, 0.2) is 0 Å². The first kappa shape index (κ1) is 15.3. The van der Waals surface area contributed by atoms with Gasteiger partial charge in [-0.3, -0.25) is 0 Å². The first-order valence-electron chi connectivity index (χ1n) is 7.93. The predicted octanol–water partition coefficient (Wildman–Crippen LogP) is 3.15. The lowest BCUT2D eigenvalue weighted by Gasteiger charge is -2.45. The highest BCUT2D eigenvalue weighted by Gasteiger charge is 2.42. The Labute approximate surface area is 117 Å². The number of ether oxygens (including phenoxy) is 2. The smallest absolute Gasteiger partial charge is 0.0855 e. The van der Waals surface area contributed by atoms with Crippen molar-refractivity contribution < 1.29 is 14.6 Å². The first-order valence-corrected chi connectivity index (χ1v) is 7.93. The summed E-state index contributed by atoms with van der Waals surface area (Å²) < 4.78 is 11.6. The molecule has 2 rings (SSSR count).